The van der Waals surface area contributed by atoms with E-state index in [0.29, 0.717) is 5.69 Å². The topological polar surface area (TPSA) is 16.1 Å². The van der Waals surface area contributed by atoms with Crippen molar-refractivity contribution >= 4 is 5.69 Å². The molecule has 0 amide bonds. The van der Waals surface area contributed by atoms with E-state index in [9.17, 15) is 4.39 Å². The number of anilines is 1. The molecule has 1 aromatic heterocycles. The van der Waals surface area contributed by atoms with Crippen LogP contribution >= 0.6 is 0 Å². The summed E-state index contributed by atoms with van der Waals surface area (Å²) in [6.45, 7) is 1.91. The minimum atomic E-state index is -0.163. The molecule has 0 N–H and O–H groups in total. The minimum Gasteiger partial charge on any atom is -0.369 e. The molecule has 2 heterocycles. The minimum absolute atomic E-state index is 0.163. The SMILES string of the molecule is Fc1cc(-c2cc[c]cn2)ccc1N1CCCC1. The number of pyridine rings is 1. The molecule has 91 valence electrons. The fraction of sp³-hybridized carbons (Fsp3) is 0.267. The second-order valence-corrected chi connectivity index (χ2v) is 4.50. The normalized spacial score (nSPS) is 15.1. The van der Waals surface area contributed by atoms with Crippen LogP contribution in [0.3, 0.4) is 0 Å². The van der Waals surface area contributed by atoms with Gasteiger partial charge in [-0.3, -0.25) is 4.98 Å². The maximum atomic E-state index is 14.1. The maximum absolute atomic E-state index is 14.1. The first-order chi connectivity index (χ1) is 8.84. The Morgan fingerprint density at radius 2 is 2.00 bits per heavy atom. The second-order valence-electron chi connectivity index (χ2n) is 4.50. The van der Waals surface area contributed by atoms with Gasteiger partial charge < -0.3 is 4.90 Å². The molecular formula is C15H14FN2. The molecule has 1 saturated heterocycles. The van der Waals surface area contributed by atoms with Crippen molar-refractivity contribution in [1.29, 1.82) is 0 Å². The second kappa shape index (κ2) is 4.77. The Labute approximate surface area is 106 Å². The summed E-state index contributed by atoms with van der Waals surface area (Å²) in [6, 6.07) is 11.8. The summed E-state index contributed by atoms with van der Waals surface area (Å²) in [4.78, 5) is 6.28. The highest BCUT2D eigenvalue weighted by Crippen LogP contribution is 2.27. The molecule has 0 spiro atoms. The standard InChI is InChI=1S/C15H14FN2/c16-13-11-12(14-5-1-2-8-17-14)6-7-15(13)18-9-3-4-10-18/h1,5-8,11H,3-4,9-10H2. The van der Waals surface area contributed by atoms with Crippen LogP contribution in [0.1, 0.15) is 12.8 Å². The zero-order chi connectivity index (χ0) is 12.4. The molecular weight excluding hydrogens is 227 g/mol. The third-order valence-corrected chi connectivity index (χ3v) is 3.31. The molecule has 0 aliphatic carbocycles. The van der Waals surface area contributed by atoms with Crippen molar-refractivity contribution < 1.29 is 4.39 Å². The fourth-order valence-electron chi connectivity index (χ4n) is 2.37. The number of hydrogen-bond donors (Lipinski definition) is 0. The lowest BCUT2D eigenvalue weighted by Gasteiger charge is -2.18. The highest BCUT2D eigenvalue weighted by Gasteiger charge is 2.16. The third-order valence-electron chi connectivity index (χ3n) is 3.31. The van der Waals surface area contributed by atoms with E-state index in [1.807, 2.05) is 18.2 Å². The predicted octanol–water partition coefficient (Wildman–Crippen LogP) is 3.29. The van der Waals surface area contributed by atoms with E-state index in [0.717, 1.165) is 37.2 Å². The van der Waals surface area contributed by atoms with Gasteiger partial charge in [-0.25, -0.2) is 4.39 Å². The predicted molar refractivity (Wildman–Crippen MR) is 69.9 cm³/mol. The molecule has 1 fully saturated rings. The molecule has 1 aromatic carbocycles. The number of halogens is 1. The molecule has 2 nitrogen and oxygen atoms in total. The van der Waals surface area contributed by atoms with Gasteiger partial charge in [0, 0.05) is 30.9 Å². The van der Waals surface area contributed by atoms with Crippen molar-refractivity contribution in [3.05, 3.63) is 48.4 Å². The lowest BCUT2D eigenvalue weighted by Crippen LogP contribution is -2.18. The quantitative estimate of drug-likeness (QED) is 0.802. The van der Waals surface area contributed by atoms with Gasteiger partial charge in [-0.15, -0.1) is 0 Å². The fourth-order valence-corrected chi connectivity index (χ4v) is 2.37. The number of rotatable bonds is 2. The largest absolute Gasteiger partial charge is 0.369 e. The molecule has 0 unspecified atom stereocenters. The molecule has 2 aromatic rings. The Hall–Kier alpha value is -1.90. The summed E-state index contributed by atoms with van der Waals surface area (Å²) < 4.78 is 14.1. The summed E-state index contributed by atoms with van der Waals surface area (Å²) in [7, 11) is 0. The van der Waals surface area contributed by atoms with E-state index in [4.69, 9.17) is 0 Å². The summed E-state index contributed by atoms with van der Waals surface area (Å²) in [5, 5.41) is 0. The van der Waals surface area contributed by atoms with E-state index in [-0.39, 0.29) is 5.82 Å². The first-order valence-corrected chi connectivity index (χ1v) is 6.21. The van der Waals surface area contributed by atoms with Crippen LogP contribution < -0.4 is 4.90 Å². The summed E-state index contributed by atoms with van der Waals surface area (Å²) in [6.07, 6.45) is 3.90. The van der Waals surface area contributed by atoms with Crippen LogP contribution in [0.25, 0.3) is 11.3 Å². The summed E-state index contributed by atoms with van der Waals surface area (Å²) in [5.74, 6) is -0.163. The summed E-state index contributed by atoms with van der Waals surface area (Å²) in [5.41, 5.74) is 2.30. The van der Waals surface area contributed by atoms with Crippen LogP contribution in [0.2, 0.25) is 0 Å². The van der Waals surface area contributed by atoms with Crippen molar-refractivity contribution in [1.82, 2.24) is 4.98 Å². The molecule has 1 aliphatic heterocycles. The average Bonchev–Trinajstić information content (AvgIpc) is 2.93. The van der Waals surface area contributed by atoms with E-state index >= 15 is 0 Å². The van der Waals surface area contributed by atoms with Crippen LogP contribution in [0.5, 0.6) is 0 Å². The van der Waals surface area contributed by atoms with Gasteiger partial charge in [0.2, 0.25) is 0 Å². The lowest BCUT2D eigenvalue weighted by atomic mass is 10.1. The maximum Gasteiger partial charge on any atom is 0.147 e. The van der Waals surface area contributed by atoms with E-state index in [1.54, 1.807) is 18.3 Å². The van der Waals surface area contributed by atoms with Crippen molar-refractivity contribution in [2.75, 3.05) is 18.0 Å². The number of hydrogen-bond acceptors (Lipinski definition) is 2. The molecule has 0 bridgehead atoms. The first-order valence-electron chi connectivity index (χ1n) is 6.21. The first kappa shape index (κ1) is 11.2. The monoisotopic (exact) mass is 241 g/mol. The van der Waals surface area contributed by atoms with Gasteiger partial charge in [-0.1, -0.05) is 12.1 Å². The molecule has 3 heteroatoms. The van der Waals surface area contributed by atoms with Crippen molar-refractivity contribution in [2.24, 2.45) is 0 Å². The van der Waals surface area contributed by atoms with E-state index in [2.05, 4.69) is 16.0 Å². The molecule has 1 aliphatic rings. The van der Waals surface area contributed by atoms with Gasteiger partial charge in [0.1, 0.15) is 5.82 Å². The van der Waals surface area contributed by atoms with E-state index < -0.39 is 0 Å². The van der Waals surface area contributed by atoms with Gasteiger partial charge >= 0.3 is 0 Å². The Kier molecular flexibility index (Phi) is 2.97. The zero-order valence-corrected chi connectivity index (χ0v) is 10.1. The highest BCUT2D eigenvalue weighted by molar-refractivity contribution is 5.63. The Balaban J connectivity index is 1.94. The van der Waals surface area contributed by atoms with Gasteiger partial charge in [-0.2, -0.15) is 0 Å². The average molecular weight is 241 g/mol. The molecule has 18 heavy (non-hydrogen) atoms. The van der Waals surface area contributed by atoms with Gasteiger partial charge in [0.25, 0.3) is 0 Å². The molecule has 1 radical (unpaired) electrons. The number of aromatic nitrogens is 1. The van der Waals surface area contributed by atoms with Gasteiger partial charge in [0.15, 0.2) is 0 Å². The van der Waals surface area contributed by atoms with Gasteiger partial charge in [0.05, 0.1) is 11.4 Å². The Bertz CT molecular complexity index is 533. The zero-order valence-electron chi connectivity index (χ0n) is 10.1. The Morgan fingerprint density at radius 3 is 2.67 bits per heavy atom. The third kappa shape index (κ3) is 2.08. The molecule has 3 rings (SSSR count). The molecule has 0 atom stereocenters. The summed E-state index contributed by atoms with van der Waals surface area (Å²) >= 11 is 0. The van der Waals surface area contributed by atoms with Crippen molar-refractivity contribution in [3.8, 4) is 11.3 Å². The van der Waals surface area contributed by atoms with Crippen LogP contribution in [0.15, 0.2) is 36.5 Å². The highest BCUT2D eigenvalue weighted by atomic mass is 19.1. The van der Waals surface area contributed by atoms with Crippen LogP contribution in [0, 0.1) is 11.9 Å². The van der Waals surface area contributed by atoms with Gasteiger partial charge in [-0.05, 0) is 31.0 Å². The van der Waals surface area contributed by atoms with Crippen LogP contribution in [0.4, 0.5) is 10.1 Å². The lowest BCUT2D eigenvalue weighted by molar-refractivity contribution is 0.623. The smallest absolute Gasteiger partial charge is 0.147 e. The van der Waals surface area contributed by atoms with Crippen LogP contribution in [-0.2, 0) is 0 Å². The number of nitrogens with zero attached hydrogens (tertiary/aromatic N) is 2. The molecule has 0 saturated carbocycles. The van der Waals surface area contributed by atoms with Crippen molar-refractivity contribution in [2.45, 2.75) is 12.8 Å². The van der Waals surface area contributed by atoms with Crippen molar-refractivity contribution in [3.63, 3.8) is 0 Å². The number of benzene rings is 1. The Morgan fingerprint density at radius 1 is 1.17 bits per heavy atom. The van der Waals surface area contributed by atoms with Crippen LogP contribution in [-0.4, -0.2) is 18.1 Å². The van der Waals surface area contributed by atoms with E-state index in [1.165, 1.54) is 0 Å².